The Kier molecular flexibility index (Phi) is 3.67. The van der Waals surface area contributed by atoms with Crippen molar-refractivity contribution >= 4 is 50.6 Å². The molecule has 0 spiro atoms. The van der Waals surface area contributed by atoms with Crippen molar-refractivity contribution in [2.24, 2.45) is 5.41 Å². The van der Waals surface area contributed by atoms with E-state index in [-0.39, 0.29) is 0 Å². The predicted octanol–water partition coefficient (Wildman–Crippen LogP) is 4.89. The highest BCUT2D eigenvalue weighted by Gasteiger charge is 2.29. The molecule has 1 fully saturated rings. The SMILES string of the molecule is CC1(C)CSCC(Nc2c(Cl)ccc3scnc23)C1. The number of anilines is 1. The summed E-state index contributed by atoms with van der Waals surface area (Å²) in [5.41, 5.74) is 4.28. The molecule has 0 saturated carbocycles. The summed E-state index contributed by atoms with van der Waals surface area (Å²) in [6, 6.07) is 4.48. The average Bonchev–Trinajstić information content (AvgIpc) is 2.80. The Morgan fingerprint density at radius 2 is 2.26 bits per heavy atom. The lowest BCUT2D eigenvalue weighted by atomic mass is 9.88. The molecule has 1 unspecified atom stereocenters. The van der Waals surface area contributed by atoms with Crippen molar-refractivity contribution in [3.8, 4) is 0 Å². The lowest BCUT2D eigenvalue weighted by Crippen LogP contribution is -2.35. The number of hydrogen-bond donors (Lipinski definition) is 1. The maximum absolute atomic E-state index is 6.35. The lowest BCUT2D eigenvalue weighted by molar-refractivity contribution is 0.358. The van der Waals surface area contributed by atoms with Gasteiger partial charge in [0.2, 0.25) is 0 Å². The smallest absolute Gasteiger partial charge is 0.106 e. The number of rotatable bonds is 2. The average molecular weight is 313 g/mol. The summed E-state index contributed by atoms with van der Waals surface area (Å²) < 4.78 is 1.19. The molecule has 5 heteroatoms. The molecule has 1 atom stereocenters. The highest BCUT2D eigenvalue weighted by Crippen LogP contribution is 2.38. The third-order valence-electron chi connectivity index (χ3n) is 3.41. The van der Waals surface area contributed by atoms with E-state index in [4.69, 9.17) is 11.6 Å². The minimum Gasteiger partial charge on any atom is -0.378 e. The highest BCUT2D eigenvalue weighted by atomic mass is 35.5. The monoisotopic (exact) mass is 312 g/mol. The molecule has 2 heterocycles. The van der Waals surface area contributed by atoms with Gasteiger partial charge in [0.15, 0.2) is 0 Å². The van der Waals surface area contributed by atoms with Crippen LogP contribution in [0.5, 0.6) is 0 Å². The predicted molar refractivity (Wildman–Crippen MR) is 87.8 cm³/mol. The Balaban J connectivity index is 1.88. The van der Waals surface area contributed by atoms with E-state index in [1.54, 1.807) is 11.3 Å². The molecule has 102 valence electrons. The van der Waals surface area contributed by atoms with Gasteiger partial charge < -0.3 is 5.32 Å². The second kappa shape index (κ2) is 5.15. The van der Waals surface area contributed by atoms with Crippen molar-refractivity contribution < 1.29 is 0 Å². The summed E-state index contributed by atoms with van der Waals surface area (Å²) in [4.78, 5) is 4.45. The fourth-order valence-electron chi connectivity index (χ4n) is 2.60. The fourth-order valence-corrected chi connectivity index (χ4v) is 4.77. The van der Waals surface area contributed by atoms with E-state index in [1.807, 2.05) is 29.4 Å². The zero-order valence-electron chi connectivity index (χ0n) is 11.1. The molecule has 19 heavy (non-hydrogen) atoms. The molecule has 1 N–H and O–H groups in total. The van der Waals surface area contributed by atoms with Crippen LogP contribution in [0.15, 0.2) is 17.6 Å². The Labute approximate surface area is 126 Å². The van der Waals surface area contributed by atoms with Gasteiger partial charge in [0.1, 0.15) is 5.52 Å². The maximum atomic E-state index is 6.35. The molecule has 0 aliphatic carbocycles. The molecule has 3 rings (SSSR count). The summed E-state index contributed by atoms with van der Waals surface area (Å²) in [6.45, 7) is 4.66. The molecule has 1 aliphatic heterocycles. The summed E-state index contributed by atoms with van der Waals surface area (Å²) in [7, 11) is 0. The number of thiazole rings is 1. The Morgan fingerprint density at radius 3 is 3.05 bits per heavy atom. The van der Waals surface area contributed by atoms with Gasteiger partial charge in [-0.3, -0.25) is 0 Å². The fraction of sp³-hybridized carbons (Fsp3) is 0.500. The molecule has 1 aromatic carbocycles. The van der Waals surface area contributed by atoms with Crippen molar-refractivity contribution in [3.05, 3.63) is 22.7 Å². The van der Waals surface area contributed by atoms with Gasteiger partial charge in [-0.25, -0.2) is 4.98 Å². The highest BCUT2D eigenvalue weighted by molar-refractivity contribution is 7.99. The van der Waals surface area contributed by atoms with Crippen LogP contribution in [-0.4, -0.2) is 22.5 Å². The van der Waals surface area contributed by atoms with Crippen LogP contribution in [0.4, 0.5) is 5.69 Å². The summed E-state index contributed by atoms with van der Waals surface area (Å²) in [5, 5.41) is 4.40. The molecule has 1 aromatic heterocycles. The van der Waals surface area contributed by atoms with Crippen LogP contribution in [0.2, 0.25) is 5.02 Å². The Bertz CT molecular complexity index is 594. The van der Waals surface area contributed by atoms with Gasteiger partial charge in [-0.05, 0) is 29.7 Å². The van der Waals surface area contributed by atoms with Gasteiger partial charge in [-0.2, -0.15) is 11.8 Å². The topological polar surface area (TPSA) is 24.9 Å². The quantitative estimate of drug-likeness (QED) is 0.854. The zero-order chi connectivity index (χ0) is 13.5. The molecular weight excluding hydrogens is 296 g/mol. The van der Waals surface area contributed by atoms with Crippen LogP contribution in [0.3, 0.4) is 0 Å². The van der Waals surface area contributed by atoms with Gasteiger partial charge >= 0.3 is 0 Å². The maximum Gasteiger partial charge on any atom is 0.106 e. The number of aromatic nitrogens is 1. The molecule has 2 nitrogen and oxygen atoms in total. The summed E-state index contributed by atoms with van der Waals surface area (Å²) in [5.74, 6) is 2.38. The standard InChI is InChI=1S/C14H17ClN2S2/c1-14(2)5-9(6-18-7-14)17-12-10(15)3-4-11-13(12)16-8-19-11/h3-4,8-9,17H,5-7H2,1-2H3. The third-order valence-corrected chi connectivity index (χ3v) is 6.14. The number of halogens is 1. The largest absolute Gasteiger partial charge is 0.378 e. The van der Waals surface area contributed by atoms with E-state index < -0.39 is 0 Å². The van der Waals surface area contributed by atoms with E-state index in [9.17, 15) is 0 Å². The molecule has 0 bridgehead atoms. The number of nitrogens with zero attached hydrogens (tertiary/aromatic N) is 1. The second-order valence-electron chi connectivity index (χ2n) is 5.85. The van der Waals surface area contributed by atoms with E-state index in [0.29, 0.717) is 11.5 Å². The molecular formula is C14H17ClN2S2. The van der Waals surface area contributed by atoms with Crippen LogP contribution in [0.25, 0.3) is 10.2 Å². The zero-order valence-corrected chi connectivity index (χ0v) is 13.5. The van der Waals surface area contributed by atoms with E-state index >= 15 is 0 Å². The molecule has 0 radical (unpaired) electrons. The molecule has 2 aromatic rings. The first-order chi connectivity index (χ1) is 9.05. The van der Waals surface area contributed by atoms with Crippen molar-refractivity contribution in [3.63, 3.8) is 0 Å². The van der Waals surface area contributed by atoms with Crippen LogP contribution in [0, 0.1) is 5.41 Å². The van der Waals surface area contributed by atoms with Crippen molar-refractivity contribution in [1.29, 1.82) is 0 Å². The number of nitrogens with one attached hydrogen (secondary N) is 1. The Morgan fingerprint density at radius 1 is 1.42 bits per heavy atom. The number of fused-ring (bicyclic) bond motifs is 1. The minimum atomic E-state index is 0.392. The van der Waals surface area contributed by atoms with E-state index in [0.717, 1.165) is 22.0 Å². The summed E-state index contributed by atoms with van der Waals surface area (Å²) in [6.07, 6.45) is 1.18. The number of benzene rings is 1. The van der Waals surface area contributed by atoms with Crippen LogP contribution in [0.1, 0.15) is 20.3 Å². The van der Waals surface area contributed by atoms with E-state index in [1.165, 1.54) is 16.9 Å². The van der Waals surface area contributed by atoms with Crippen molar-refractivity contribution in [1.82, 2.24) is 4.98 Å². The molecule has 1 saturated heterocycles. The van der Waals surface area contributed by atoms with Gasteiger partial charge in [-0.15, -0.1) is 11.3 Å². The minimum absolute atomic E-state index is 0.392. The lowest BCUT2D eigenvalue weighted by Gasteiger charge is -2.35. The van der Waals surface area contributed by atoms with Crippen LogP contribution in [-0.2, 0) is 0 Å². The van der Waals surface area contributed by atoms with Crippen LogP contribution < -0.4 is 5.32 Å². The number of hydrogen-bond acceptors (Lipinski definition) is 4. The van der Waals surface area contributed by atoms with Crippen molar-refractivity contribution in [2.45, 2.75) is 26.3 Å². The molecule has 0 amide bonds. The summed E-state index contributed by atoms with van der Waals surface area (Å²) >= 11 is 10.0. The first kappa shape index (κ1) is 13.5. The second-order valence-corrected chi connectivity index (χ2v) is 8.17. The van der Waals surface area contributed by atoms with Gasteiger partial charge in [-0.1, -0.05) is 25.4 Å². The van der Waals surface area contributed by atoms with Crippen LogP contribution >= 0.6 is 34.7 Å². The third kappa shape index (κ3) is 2.86. The normalized spacial score (nSPS) is 22.6. The van der Waals surface area contributed by atoms with Gasteiger partial charge in [0.05, 0.1) is 20.9 Å². The first-order valence-corrected chi connectivity index (χ1v) is 8.82. The molecule has 1 aliphatic rings. The first-order valence-electron chi connectivity index (χ1n) is 6.41. The van der Waals surface area contributed by atoms with Crippen molar-refractivity contribution in [2.75, 3.05) is 16.8 Å². The number of thioether (sulfide) groups is 1. The van der Waals surface area contributed by atoms with Gasteiger partial charge in [0.25, 0.3) is 0 Å². The van der Waals surface area contributed by atoms with E-state index in [2.05, 4.69) is 24.1 Å². The Hall–Kier alpha value is -0.450. The van der Waals surface area contributed by atoms with Gasteiger partial charge in [0, 0.05) is 11.8 Å².